The van der Waals surface area contributed by atoms with Gasteiger partial charge in [-0.25, -0.2) is 9.59 Å². The molecule has 12 unspecified atom stereocenters. The summed E-state index contributed by atoms with van der Waals surface area (Å²) in [5.41, 5.74) is 5.62. The highest BCUT2D eigenvalue weighted by atomic mass is 16.8. The van der Waals surface area contributed by atoms with Gasteiger partial charge in [0.15, 0.2) is 37.4 Å². The summed E-state index contributed by atoms with van der Waals surface area (Å²) in [5, 5.41) is 140. The van der Waals surface area contributed by atoms with Gasteiger partial charge in [0, 0.05) is 37.6 Å². The smallest absolute Gasteiger partial charge is 0.332 e. The molecule has 0 spiro atoms. The molecule has 4 saturated heterocycles. The fraction of sp³-hybridized carbons (Fsp3) is 0.921. The lowest BCUT2D eigenvalue weighted by Gasteiger charge is -2.64. The minimum Gasteiger partial charge on any atom is -0.479 e. The van der Waals surface area contributed by atoms with E-state index >= 15 is 9.59 Å². The zero-order valence-corrected chi connectivity index (χ0v) is 73.8. The van der Waals surface area contributed by atoms with Gasteiger partial charge >= 0.3 is 29.8 Å². The van der Waals surface area contributed by atoms with E-state index in [-0.39, 0.29) is 98.3 Å². The number of esters is 3. The van der Waals surface area contributed by atoms with E-state index in [1.165, 1.54) is 34.8 Å². The van der Waals surface area contributed by atoms with Crippen molar-refractivity contribution in [3.8, 4) is 0 Å². The lowest BCUT2D eigenvalue weighted by molar-refractivity contribution is -0.339. The third-order valence-electron chi connectivity index (χ3n) is 31.7. The average molecular weight is 1770 g/mol. The quantitative estimate of drug-likeness (QED) is 0.0339. The molecule has 8 aliphatic carbocycles. The number of carboxylic acids is 2. The summed E-state index contributed by atoms with van der Waals surface area (Å²) < 4.78 is 85.1. The molecule has 16 N–H and O–H groups in total. The van der Waals surface area contributed by atoms with Crippen molar-refractivity contribution >= 4 is 41.7 Å². The molecule has 0 radical (unpaired) electrons. The van der Waals surface area contributed by atoms with E-state index in [9.17, 15) is 85.3 Å². The first-order valence-corrected chi connectivity index (χ1v) is 46.4. The minimum absolute atomic E-state index is 0.0145. The van der Waals surface area contributed by atoms with E-state index in [0.29, 0.717) is 64.2 Å². The van der Waals surface area contributed by atoms with Gasteiger partial charge in [0.2, 0.25) is 11.8 Å². The lowest BCUT2D eigenvalue weighted by Crippen LogP contribution is -2.67. The number of nitrogens with one attached hydrogen (secondary N) is 2. The number of amides is 2. The van der Waals surface area contributed by atoms with Crippen molar-refractivity contribution in [2.45, 2.75) is 413 Å². The molecule has 35 nitrogen and oxygen atoms in total. The molecule has 12 rings (SSSR count). The van der Waals surface area contributed by atoms with Gasteiger partial charge in [-0.1, -0.05) is 112 Å². The maximum absolute atomic E-state index is 16.3. The number of carbonyl (C=O) groups excluding carboxylic acids is 5. The van der Waals surface area contributed by atoms with Crippen molar-refractivity contribution in [2.24, 2.45) is 87.6 Å². The van der Waals surface area contributed by atoms with Crippen LogP contribution >= 0.6 is 0 Å². The number of aliphatic carboxylic acids is 2. The number of rotatable bonds is 32. The molecule has 0 aromatic carbocycles. The number of fused-ring (bicyclic) bond motifs is 5. The van der Waals surface area contributed by atoms with E-state index in [4.69, 9.17) is 67.3 Å². The molecule has 12 fully saturated rings. The number of methoxy groups -OCH3 is 1. The highest BCUT2D eigenvalue weighted by Crippen LogP contribution is 2.70. The molecule has 0 bridgehead atoms. The molecule has 12 aliphatic rings. The Balaban J connectivity index is 0.876. The molecule has 4 aliphatic heterocycles. The summed E-state index contributed by atoms with van der Waals surface area (Å²) >= 11 is 0. The van der Waals surface area contributed by atoms with E-state index in [1.54, 1.807) is 0 Å². The zero-order chi connectivity index (χ0) is 89.8. The number of nitrogens with two attached hydrogens (primary N) is 1. The Morgan fingerprint density at radius 2 is 0.968 bits per heavy atom. The highest BCUT2D eigenvalue weighted by molar-refractivity contribution is 5.75. The predicted octanol–water partition coefficient (Wildman–Crippen LogP) is 3.46. The number of carboxylic acid groups (broad SMARTS) is 2. The summed E-state index contributed by atoms with van der Waals surface area (Å²) in [6, 6.07) is -3.13. The van der Waals surface area contributed by atoms with Crippen molar-refractivity contribution in [3.05, 3.63) is 0 Å². The lowest BCUT2D eigenvalue weighted by atomic mass is 9.43. The van der Waals surface area contributed by atoms with Gasteiger partial charge in [0.05, 0.1) is 68.8 Å². The van der Waals surface area contributed by atoms with Crippen molar-refractivity contribution in [1.82, 2.24) is 10.6 Å². The highest BCUT2D eigenvalue weighted by Gasteiger charge is 2.69. The van der Waals surface area contributed by atoms with Crippen LogP contribution in [-0.4, -0.2) is 301 Å². The van der Waals surface area contributed by atoms with Gasteiger partial charge in [-0.3, -0.25) is 24.0 Å². The Labute approximate surface area is 726 Å². The maximum atomic E-state index is 16.3. The van der Waals surface area contributed by atoms with Crippen LogP contribution in [0.15, 0.2) is 0 Å². The summed E-state index contributed by atoms with van der Waals surface area (Å²) in [6.45, 7) is 14.0. The first-order chi connectivity index (χ1) is 58.9. The van der Waals surface area contributed by atoms with Crippen molar-refractivity contribution in [3.63, 3.8) is 0 Å². The Morgan fingerprint density at radius 3 is 1.40 bits per heavy atom. The molecule has 2 amide bonds. The third-order valence-corrected chi connectivity index (χ3v) is 31.7. The van der Waals surface area contributed by atoms with Gasteiger partial charge in [0.25, 0.3) is 0 Å². The van der Waals surface area contributed by atoms with Gasteiger partial charge in [-0.15, -0.1) is 0 Å². The monoisotopic (exact) mass is 1770 g/mol. The normalized spacial score (nSPS) is 44.8. The Bertz CT molecular complexity index is 3520. The number of ether oxygens (including phenoxy) is 13. The van der Waals surface area contributed by atoms with Crippen molar-refractivity contribution in [2.75, 3.05) is 20.3 Å². The van der Waals surface area contributed by atoms with Crippen LogP contribution in [0.2, 0.25) is 0 Å². The number of hydrogen-bond acceptors (Lipinski definition) is 31. The Hall–Kier alpha value is -4.55. The van der Waals surface area contributed by atoms with Crippen molar-refractivity contribution < 1.29 is 156 Å². The predicted molar refractivity (Wildman–Crippen MR) is 435 cm³/mol. The first-order valence-electron chi connectivity index (χ1n) is 46.4. The largest absolute Gasteiger partial charge is 0.479 e. The SMILES string of the molecule is CC[C@@H]1CC(C(=O)O[C@H]2C[C@H]3[C@@H]([C@H](OC(=O)C4C[C@@H](CC)[C@@H](OC5O[C@@H](C)C(O)[C@H](O)[C@@H]5O)[C@H](O[C@@H]5O[C@@H](CO)C(O)C(O[C@@H](CC6CCCCC6)C(=O)O)C5NC(C)=O)C4)C[C@@H]4C[C@@H](N)CC[C@@]43C)[C@@H]3CC[C@H]([C@H](C)CCC(=O)OC)[C@@]23C)C[C@@H](O[C@@H]2O[C@@H](CO)C(O)C(O[C@@H](CC3CCCCC3)C(=O)O)C2NC(C)=O)[C@@H]1OC1O[C@@H](C)[C@H](O)C(O)[C@@H]1O. The van der Waals surface area contributed by atoms with Crippen LogP contribution in [0.4, 0.5) is 0 Å². The molecule has 4 heterocycles. The Morgan fingerprint density at radius 1 is 0.508 bits per heavy atom. The van der Waals surface area contributed by atoms with Gasteiger partial charge in [-0.2, -0.15) is 0 Å². The minimum atomic E-state index is -1.80. The van der Waals surface area contributed by atoms with Crippen LogP contribution in [0.25, 0.3) is 0 Å². The number of carbonyl (C=O) groups is 7. The van der Waals surface area contributed by atoms with Gasteiger partial charge < -0.3 is 139 Å². The van der Waals surface area contributed by atoms with Crippen LogP contribution in [0.5, 0.6) is 0 Å². The van der Waals surface area contributed by atoms with Crippen LogP contribution in [0.1, 0.15) is 236 Å². The molecule has 8 saturated carbocycles. The van der Waals surface area contributed by atoms with Gasteiger partial charge in [0.1, 0.15) is 97.5 Å². The average Bonchev–Trinajstić information content (AvgIpc) is 1.40. The number of aliphatic hydroxyl groups is 10. The zero-order valence-electron chi connectivity index (χ0n) is 73.8. The number of hydrogen-bond donors (Lipinski definition) is 15. The van der Waals surface area contributed by atoms with E-state index < -0.39 is 261 Å². The number of aliphatic hydroxyl groups excluding tert-OH is 10. The standard InChI is InChI=1S/C89H145N3O32/c1-11-47-31-49(33-57(76(47)123-86-74(104)72(102)68(98)41(4)113-86)118-84-66(91-43(6)95)78(70(100)61(38-93)120-84)115-59(80(106)107)29-45-19-15-13-16-20-45)82(110)117-56-36-51-35-52(90)27-28-88(51,8)55-37-63(89(9)53(24-25-54(89)65(55)56)40(3)23-26-64(97)112-10)122-83(111)50-32-48(12-2)77(124-87-75(105)73(103)69(99)42(5)114-87)58(34-50)119-85-67(92-44(7)96)79(71(101)62(39-94)121-85)116-60(81(108)109)30-46-21-17-14-18-22-46/h40-42,45-63,65-79,84-87,93-94,98-105H,11-39,90H2,1-10H3,(H,91,95)(H,92,96)(H,106,107)(H,108,109)/t40-,41+,42+,47-,48-,49?,50?,51+,52+,53-,54+,55+,56-,57-,58-,59+,60+,61+,62+,63+,65+,66?,67?,68?,69+,70?,71?,72+,73?,74+,75+,76-,77-,78?,79?,84-,85-,86?,87?,88+,89-/m1/s1. The molecule has 124 heavy (non-hydrogen) atoms. The summed E-state index contributed by atoms with van der Waals surface area (Å²) in [7, 11) is 1.33. The van der Waals surface area contributed by atoms with Crippen LogP contribution in [0.3, 0.4) is 0 Å². The van der Waals surface area contributed by atoms with E-state index in [1.807, 2.05) is 13.8 Å². The van der Waals surface area contributed by atoms with E-state index in [0.717, 1.165) is 64.2 Å². The van der Waals surface area contributed by atoms with Crippen LogP contribution in [0, 0.1) is 81.8 Å². The maximum Gasteiger partial charge on any atom is 0.332 e. The van der Waals surface area contributed by atoms with E-state index in [2.05, 4.69) is 31.4 Å². The van der Waals surface area contributed by atoms with Crippen molar-refractivity contribution in [1.29, 1.82) is 0 Å². The van der Waals surface area contributed by atoms with Gasteiger partial charge in [-0.05, 0) is 162 Å². The third kappa shape index (κ3) is 21.6. The second-order valence-electron chi connectivity index (χ2n) is 39.3. The second-order valence-corrected chi connectivity index (χ2v) is 39.3. The summed E-state index contributed by atoms with van der Waals surface area (Å²) in [4.78, 5) is 98.8. The molecule has 0 aromatic rings. The Kier molecular flexibility index (Phi) is 34.0. The first kappa shape index (κ1) is 98.5. The van der Waals surface area contributed by atoms with Crippen LogP contribution in [-0.2, 0) is 95.1 Å². The second kappa shape index (κ2) is 42.8. The van der Waals surface area contributed by atoms with Crippen LogP contribution < -0.4 is 16.4 Å². The molecular weight excluding hydrogens is 1620 g/mol. The fourth-order valence-electron chi connectivity index (χ4n) is 24.7. The fourth-order valence-corrected chi connectivity index (χ4v) is 24.7. The molecule has 0 aromatic heterocycles. The summed E-state index contributed by atoms with van der Waals surface area (Å²) in [5.74, 6) is -10.3. The molecule has 35 heteroatoms. The summed E-state index contributed by atoms with van der Waals surface area (Å²) in [6.07, 6.45) is -23.8. The molecule has 708 valence electrons. The molecule has 41 atom stereocenters. The topological polar surface area (TPSA) is 532 Å². The molecular formula is C89H145N3O32.